The van der Waals surface area contributed by atoms with Crippen molar-refractivity contribution in [3.05, 3.63) is 69.7 Å². The van der Waals surface area contributed by atoms with Gasteiger partial charge in [-0.15, -0.1) is 0 Å². The Balaban J connectivity index is 2.21. The number of halogens is 1. The highest BCUT2D eigenvalue weighted by Gasteiger charge is 2.58. The number of rotatable bonds is 10. The molecule has 2 aromatic rings. The molecule has 0 amide bonds. The molecule has 2 aromatic carbocycles. The van der Waals surface area contributed by atoms with Crippen LogP contribution in [0.2, 0.25) is 5.02 Å². The van der Waals surface area contributed by atoms with Gasteiger partial charge < -0.3 is 33.9 Å². The lowest BCUT2D eigenvalue weighted by atomic mass is 9.70. The summed E-state index contributed by atoms with van der Waals surface area (Å²) in [5.41, 5.74) is 2.15. The lowest BCUT2D eigenvalue weighted by Gasteiger charge is -2.48. The van der Waals surface area contributed by atoms with Crippen LogP contribution in [0.5, 0.6) is 0 Å². The van der Waals surface area contributed by atoms with Crippen molar-refractivity contribution < 1.29 is 57.9 Å². The van der Waals surface area contributed by atoms with Crippen LogP contribution in [0.1, 0.15) is 69.7 Å². The fraction of sp³-hybridized carbons (Fsp3) is 0.469. The molecule has 6 unspecified atom stereocenters. The number of hydrogen-bond donors (Lipinski definition) is 2. The van der Waals surface area contributed by atoms with Gasteiger partial charge in [0.25, 0.3) is 0 Å². The summed E-state index contributed by atoms with van der Waals surface area (Å²) in [6.07, 6.45) is -4.96. The lowest BCUT2D eigenvalue weighted by Crippen LogP contribution is -2.62. The zero-order chi connectivity index (χ0) is 33.6. The SMILES string of the molecule is CC(=O)OCC1C(OC(C)=O)C(OC(C)=O)C(OC(C)=O)C(c2ccc(Cl)c(Cc3ccc(C(C)(O)O)cc3)c2)C1OC(C)=O. The number of carbonyl (C=O) groups is 5. The Labute approximate surface area is 265 Å². The first kappa shape index (κ1) is 35.5. The molecule has 12 nitrogen and oxygen atoms in total. The van der Waals surface area contributed by atoms with Crippen LogP contribution in [0.25, 0.3) is 0 Å². The van der Waals surface area contributed by atoms with Crippen molar-refractivity contribution in [3.8, 4) is 0 Å². The molecule has 0 aliphatic heterocycles. The monoisotopic (exact) mass is 648 g/mol. The second-order valence-corrected chi connectivity index (χ2v) is 11.4. The standard InChI is InChI=1S/C32H37ClO12/c1-16(34)41-15-25-28(42-17(2)35)27(30(44-19(4)37)31(45-20(5)38)29(25)43-18(3)36)22-9-12-26(33)23(14-22)13-21-7-10-24(11-8-21)32(6,39)40/h7-12,14,25,27-31,39-40H,13,15H2,1-6H3. The summed E-state index contributed by atoms with van der Waals surface area (Å²) in [5, 5.41) is 20.1. The maximum absolute atomic E-state index is 12.5. The topological polar surface area (TPSA) is 172 Å². The van der Waals surface area contributed by atoms with E-state index < -0.39 is 78.5 Å². The normalized spacial score (nSPS) is 23.0. The van der Waals surface area contributed by atoms with E-state index in [4.69, 9.17) is 35.3 Å². The van der Waals surface area contributed by atoms with Crippen molar-refractivity contribution in [2.24, 2.45) is 5.92 Å². The lowest BCUT2D eigenvalue weighted by molar-refractivity contribution is -0.222. The van der Waals surface area contributed by atoms with Gasteiger partial charge in [0, 0.05) is 45.2 Å². The van der Waals surface area contributed by atoms with Gasteiger partial charge >= 0.3 is 29.8 Å². The predicted octanol–water partition coefficient (Wildman–Crippen LogP) is 3.09. The van der Waals surface area contributed by atoms with Crippen molar-refractivity contribution in [1.29, 1.82) is 0 Å². The van der Waals surface area contributed by atoms with Gasteiger partial charge in [-0.2, -0.15) is 0 Å². The molecule has 0 spiro atoms. The maximum atomic E-state index is 12.5. The highest BCUT2D eigenvalue weighted by molar-refractivity contribution is 6.31. The van der Waals surface area contributed by atoms with Crippen LogP contribution < -0.4 is 0 Å². The van der Waals surface area contributed by atoms with Crippen molar-refractivity contribution in [2.45, 2.75) is 84.1 Å². The first-order valence-corrected chi connectivity index (χ1v) is 14.5. The van der Waals surface area contributed by atoms with Crippen molar-refractivity contribution in [1.82, 2.24) is 0 Å². The fourth-order valence-electron chi connectivity index (χ4n) is 5.51. The Hall–Kier alpha value is -4.00. The molecule has 45 heavy (non-hydrogen) atoms. The number of carbonyl (C=O) groups excluding carboxylic acids is 5. The molecular formula is C32H37ClO12. The molecule has 1 aliphatic carbocycles. The van der Waals surface area contributed by atoms with E-state index in [-0.39, 0.29) is 0 Å². The van der Waals surface area contributed by atoms with Crippen LogP contribution in [0.4, 0.5) is 0 Å². The molecule has 0 aromatic heterocycles. The zero-order valence-electron chi connectivity index (χ0n) is 25.8. The molecular weight excluding hydrogens is 612 g/mol. The van der Waals surface area contributed by atoms with E-state index in [9.17, 15) is 34.2 Å². The van der Waals surface area contributed by atoms with Gasteiger partial charge in [0.15, 0.2) is 24.1 Å². The number of benzene rings is 2. The van der Waals surface area contributed by atoms with E-state index >= 15 is 0 Å². The Morgan fingerprint density at radius 3 is 1.73 bits per heavy atom. The molecule has 0 saturated heterocycles. The van der Waals surface area contributed by atoms with Crippen LogP contribution >= 0.6 is 11.6 Å². The smallest absolute Gasteiger partial charge is 0.303 e. The first-order chi connectivity index (χ1) is 21.0. The van der Waals surface area contributed by atoms with Crippen LogP contribution in [0.15, 0.2) is 42.5 Å². The molecule has 1 fully saturated rings. The van der Waals surface area contributed by atoms with Gasteiger partial charge in [0.2, 0.25) is 0 Å². The summed E-state index contributed by atoms with van der Waals surface area (Å²) >= 11 is 6.59. The third-order valence-electron chi connectivity index (χ3n) is 7.24. The van der Waals surface area contributed by atoms with Crippen LogP contribution in [-0.2, 0) is 59.9 Å². The summed E-state index contributed by atoms with van der Waals surface area (Å²) in [7, 11) is 0. The number of ether oxygens (including phenoxy) is 5. The molecule has 0 radical (unpaired) electrons. The molecule has 2 N–H and O–H groups in total. The van der Waals surface area contributed by atoms with Gasteiger partial charge in [-0.3, -0.25) is 24.0 Å². The molecule has 0 bridgehead atoms. The second-order valence-electron chi connectivity index (χ2n) is 11.0. The summed E-state index contributed by atoms with van der Waals surface area (Å²) < 4.78 is 28.0. The molecule has 0 heterocycles. The Morgan fingerprint density at radius 2 is 1.22 bits per heavy atom. The minimum absolute atomic E-state index is 0.291. The van der Waals surface area contributed by atoms with E-state index in [1.807, 2.05) is 0 Å². The molecule has 3 rings (SSSR count). The van der Waals surface area contributed by atoms with Gasteiger partial charge in [0.05, 0.1) is 11.8 Å². The van der Waals surface area contributed by atoms with E-state index in [0.29, 0.717) is 28.1 Å². The average molecular weight is 649 g/mol. The van der Waals surface area contributed by atoms with Crippen LogP contribution in [-0.4, -0.2) is 71.1 Å². The molecule has 6 atom stereocenters. The largest absolute Gasteiger partial charge is 0.465 e. The van der Waals surface area contributed by atoms with Gasteiger partial charge in [-0.05, 0) is 36.1 Å². The summed E-state index contributed by atoms with van der Waals surface area (Å²) in [6.45, 7) is 6.60. The minimum atomic E-state index is -2.01. The second kappa shape index (κ2) is 14.9. The average Bonchev–Trinajstić information content (AvgIpc) is 2.90. The molecule has 244 valence electrons. The Kier molecular flexibility index (Phi) is 11.7. The van der Waals surface area contributed by atoms with Crippen molar-refractivity contribution >= 4 is 41.4 Å². The highest BCUT2D eigenvalue weighted by atomic mass is 35.5. The van der Waals surface area contributed by atoms with E-state index in [1.165, 1.54) is 20.8 Å². The van der Waals surface area contributed by atoms with Crippen molar-refractivity contribution in [2.75, 3.05) is 6.61 Å². The number of esters is 5. The molecule has 13 heteroatoms. The van der Waals surface area contributed by atoms with Gasteiger partial charge in [0.1, 0.15) is 12.7 Å². The highest BCUT2D eigenvalue weighted by Crippen LogP contribution is 2.44. The van der Waals surface area contributed by atoms with Crippen molar-refractivity contribution in [3.63, 3.8) is 0 Å². The third kappa shape index (κ3) is 9.49. The van der Waals surface area contributed by atoms with Gasteiger partial charge in [-0.1, -0.05) is 48.0 Å². The van der Waals surface area contributed by atoms with E-state index in [1.54, 1.807) is 42.5 Å². The quantitative estimate of drug-likeness (QED) is 0.219. The molecule has 1 aliphatic rings. The minimum Gasteiger partial charge on any atom is -0.465 e. The Bertz CT molecular complexity index is 1410. The summed E-state index contributed by atoms with van der Waals surface area (Å²) in [6, 6.07) is 11.5. The van der Waals surface area contributed by atoms with E-state index in [2.05, 4.69) is 0 Å². The first-order valence-electron chi connectivity index (χ1n) is 14.1. The summed E-state index contributed by atoms with van der Waals surface area (Å²) in [4.78, 5) is 61.3. The van der Waals surface area contributed by atoms with E-state index in [0.717, 1.165) is 26.3 Å². The maximum Gasteiger partial charge on any atom is 0.303 e. The van der Waals surface area contributed by atoms with Gasteiger partial charge in [-0.25, -0.2) is 0 Å². The Morgan fingerprint density at radius 1 is 0.711 bits per heavy atom. The predicted molar refractivity (Wildman–Crippen MR) is 158 cm³/mol. The fourth-order valence-corrected chi connectivity index (χ4v) is 5.69. The van der Waals surface area contributed by atoms with Crippen LogP contribution in [0, 0.1) is 5.92 Å². The molecule has 1 saturated carbocycles. The zero-order valence-corrected chi connectivity index (χ0v) is 26.5. The number of aliphatic hydroxyl groups is 2. The van der Waals surface area contributed by atoms with Crippen LogP contribution in [0.3, 0.4) is 0 Å². The summed E-state index contributed by atoms with van der Waals surface area (Å²) in [5.74, 6) is -7.76. The number of hydrogen-bond acceptors (Lipinski definition) is 12. The third-order valence-corrected chi connectivity index (χ3v) is 7.61.